The molecule has 0 radical (unpaired) electrons. The second-order valence-corrected chi connectivity index (χ2v) is 9.01. The molecule has 0 bridgehead atoms. The molecule has 168 valence electrons. The van der Waals surface area contributed by atoms with Crippen molar-refractivity contribution in [3.05, 3.63) is 103 Å². The summed E-state index contributed by atoms with van der Waals surface area (Å²) in [7, 11) is -3.85. The van der Waals surface area contributed by atoms with Crippen molar-refractivity contribution in [2.45, 2.75) is 4.90 Å². The third kappa shape index (κ3) is 4.48. The molecule has 5 aromatic rings. The highest BCUT2D eigenvalue weighted by Gasteiger charge is 2.16. The Morgan fingerprint density at radius 1 is 0.882 bits per heavy atom. The molecule has 1 amide bonds. The van der Waals surface area contributed by atoms with Crippen LogP contribution in [0, 0.1) is 0 Å². The van der Waals surface area contributed by atoms with Gasteiger partial charge in [0.1, 0.15) is 5.65 Å². The van der Waals surface area contributed by atoms with E-state index in [0.717, 1.165) is 11.3 Å². The molecule has 2 aromatic carbocycles. The Morgan fingerprint density at radius 2 is 1.62 bits per heavy atom. The number of aromatic nitrogens is 4. The van der Waals surface area contributed by atoms with Crippen molar-refractivity contribution >= 4 is 33.2 Å². The van der Waals surface area contributed by atoms with Gasteiger partial charge in [0.15, 0.2) is 0 Å². The zero-order chi connectivity index (χ0) is 23.5. The Labute approximate surface area is 195 Å². The van der Waals surface area contributed by atoms with E-state index in [2.05, 4.69) is 25.0 Å². The Kier molecular flexibility index (Phi) is 5.48. The molecule has 5 rings (SSSR count). The Hall–Kier alpha value is -4.57. The van der Waals surface area contributed by atoms with Gasteiger partial charge in [-0.2, -0.15) is 0 Å². The summed E-state index contributed by atoms with van der Waals surface area (Å²) >= 11 is 0. The molecule has 34 heavy (non-hydrogen) atoms. The van der Waals surface area contributed by atoms with Gasteiger partial charge in [0.05, 0.1) is 10.6 Å². The van der Waals surface area contributed by atoms with Crippen LogP contribution in [0.3, 0.4) is 0 Å². The second-order valence-electron chi connectivity index (χ2n) is 7.33. The van der Waals surface area contributed by atoms with Crippen LogP contribution in [-0.4, -0.2) is 33.7 Å². The number of imidazole rings is 1. The molecule has 0 unspecified atom stereocenters. The molecule has 3 aromatic heterocycles. The maximum absolute atomic E-state index is 12.8. The Bertz CT molecular complexity index is 1570. The number of hydrogen-bond donors (Lipinski definition) is 2. The number of anilines is 2. The van der Waals surface area contributed by atoms with Crippen molar-refractivity contribution in [2.75, 3.05) is 10.0 Å². The van der Waals surface area contributed by atoms with Crippen LogP contribution in [0.5, 0.6) is 0 Å². The normalized spacial score (nSPS) is 11.3. The Morgan fingerprint density at radius 3 is 2.35 bits per heavy atom. The highest BCUT2D eigenvalue weighted by atomic mass is 32.2. The lowest BCUT2D eigenvalue weighted by Crippen LogP contribution is -2.15. The minimum atomic E-state index is -3.85. The van der Waals surface area contributed by atoms with E-state index in [1.165, 1.54) is 36.7 Å². The lowest BCUT2D eigenvalue weighted by molar-refractivity contribution is 0.102. The van der Waals surface area contributed by atoms with Crippen LogP contribution >= 0.6 is 0 Å². The highest BCUT2D eigenvalue weighted by Crippen LogP contribution is 2.20. The molecule has 0 saturated carbocycles. The maximum atomic E-state index is 12.8. The molecule has 0 atom stereocenters. The lowest BCUT2D eigenvalue weighted by Gasteiger charge is -2.08. The van der Waals surface area contributed by atoms with Gasteiger partial charge in [0, 0.05) is 41.6 Å². The summed E-state index contributed by atoms with van der Waals surface area (Å²) in [5, 5.41) is 2.77. The quantitative estimate of drug-likeness (QED) is 0.389. The summed E-state index contributed by atoms with van der Waals surface area (Å²) in [6, 6.07) is 20.6. The van der Waals surface area contributed by atoms with E-state index in [0.29, 0.717) is 16.9 Å². The number of benzene rings is 2. The minimum Gasteiger partial charge on any atom is -0.322 e. The first-order chi connectivity index (χ1) is 16.5. The first-order valence-electron chi connectivity index (χ1n) is 10.2. The van der Waals surface area contributed by atoms with Gasteiger partial charge < -0.3 is 9.72 Å². The van der Waals surface area contributed by atoms with Gasteiger partial charge in [0.2, 0.25) is 5.95 Å². The van der Waals surface area contributed by atoms with Crippen LogP contribution in [-0.2, 0) is 10.0 Å². The molecule has 0 spiro atoms. The molecule has 0 saturated heterocycles. The fourth-order valence-corrected chi connectivity index (χ4v) is 4.28. The van der Waals surface area contributed by atoms with Gasteiger partial charge >= 0.3 is 0 Å². The zero-order valence-corrected chi connectivity index (χ0v) is 18.5. The fraction of sp³-hybridized carbons (Fsp3) is 0. The largest absolute Gasteiger partial charge is 0.322 e. The molecule has 9 nitrogen and oxygen atoms in total. The highest BCUT2D eigenvalue weighted by molar-refractivity contribution is 7.92. The number of carbonyl (C=O) groups excluding carboxylic acids is 1. The number of pyridine rings is 1. The van der Waals surface area contributed by atoms with Crippen LogP contribution in [0.15, 0.2) is 102 Å². The topological polar surface area (TPSA) is 118 Å². The number of nitrogens with zero attached hydrogens (tertiary/aromatic N) is 4. The summed E-state index contributed by atoms with van der Waals surface area (Å²) in [4.78, 5) is 25.1. The fourth-order valence-electron chi connectivity index (χ4n) is 3.32. The van der Waals surface area contributed by atoms with Crippen LogP contribution in [0.25, 0.3) is 16.9 Å². The summed E-state index contributed by atoms with van der Waals surface area (Å²) in [5.74, 6) is -0.358. The predicted octanol–water partition coefficient (Wildman–Crippen LogP) is 3.84. The monoisotopic (exact) mass is 470 g/mol. The third-order valence-corrected chi connectivity index (χ3v) is 6.35. The SMILES string of the molecule is O=C(Nc1ccc(S(=O)(=O)Nc2ncccn2)cc1)c1ccn2cc(-c3ccccc3)nc2c1. The number of carbonyl (C=O) groups is 1. The molecule has 10 heteroatoms. The molecular weight excluding hydrogens is 452 g/mol. The van der Waals surface area contributed by atoms with Crippen LogP contribution < -0.4 is 10.0 Å². The average Bonchev–Trinajstić information content (AvgIpc) is 3.29. The lowest BCUT2D eigenvalue weighted by atomic mass is 10.2. The zero-order valence-electron chi connectivity index (χ0n) is 17.7. The summed E-state index contributed by atoms with van der Waals surface area (Å²) in [5.41, 5.74) is 3.32. The van der Waals surface area contributed by atoms with E-state index in [4.69, 9.17) is 0 Å². The summed E-state index contributed by atoms with van der Waals surface area (Å²) in [6.07, 6.45) is 6.55. The summed E-state index contributed by atoms with van der Waals surface area (Å²) in [6.45, 7) is 0. The number of nitrogens with one attached hydrogen (secondary N) is 2. The van der Waals surface area contributed by atoms with E-state index >= 15 is 0 Å². The van der Waals surface area contributed by atoms with Crippen molar-refractivity contribution in [1.29, 1.82) is 0 Å². The maximum Gasteiger partial charge on any atom is 0.264 e. The van der Waals surface area contributed by atoms with E-state index in [1.807, 2.05) is 40.9 Å². The van der Waals surface area contributed by atoms with Crippen molar-refractivity contribution in [2.24, 2.45) is 0 Å². The molecule has 0 aliphatic heterocycles. The number of sulfonamides is 1. The molecule has 0 aliphatic rings. The van der Waals surface area contributed by atoms with Crippen LogP contribution in [0.2, 0.25) is 0 Å². The van der Waals surface area contributed by atoms with Crippen molar-refractivity contribution < 1.29 is 13.2 Å². The Balaban J connectivity index is 1.31. The van der Waals surface area contributed by atoms with Gasteiger partial charge in [-0.15, -0.1) is 0 Å². The van der Waals surface area contributed by atoms with E-state index in [9.17, 15) is 13.2 Å². The van der Waals surface area contributed by atoms with Gasteiger partial charge in [0.25, 0.3) is 15.9 Å². The number of fused-ring (bicyclic) bond motifs is 1. The van der Waals surface area contributed by atoms with E-state index < -0.39 is 10.0 Å². The molecule has 2 N–H and O–H groups in total. The first kappa shape index (κ1) is 21.3. The first-order valence-corrected chi connectivity index (χ1v) is 11.7. The number of hydrogen-bond acceptors (Lipinski definition) is 6. The smallest absolute Gasteiger partial charge is 0.264 e. The van der Waals surface area contributed by atoms with Crippen molar-refractivity contribution in [3.8, 4) is 11.3 Å². The molecule has 0 fully saturated rings. The van der Waals surface area contributed by atoms with Crippen molar-refractivity contribution in [3.63, 3.8) is 0 Å². The number of amides is 1. The third-order valence-electron chi connectivity index (χ3n) is 5.01. The molecular formula is C24H18N6O3S. The van der Waals surface area contributed by atoms with Gasteiger partial charge in [-0.25, -0.2) is 28.1 Å². The minimum absolute atomic E-state index is 0.0187. The van der Waals surface area contributed by atoms with Gasteiger partial charge in [-0.1, -0.05) is 30.3 Å². The summed E-state index contributed by atoms with van der Waals surface area (Å²) < 4.78 is 29.1. The van der Waals surface area contributed by atoms with E-state index in [1.54, 1.807) is 24.4 Å². The van der Waals surface area contributed by atoms with Crippen LogP contribution in [0.1, 0.15) is 10.4 Å². The van der Waals surface area contributed by atoms with Crippen LogP contribution in [0.4, 0.5) is 11.6 Å². The van der Waals surface area contributed by atoms with E-state index in [-0.39, 0.29) is 16.8 Å². The second kappa shape index (κ2) is 8.75. The van der Waals surface area contributed by atoms with Gasteiger partial charge in [-0.05, 0) is 42.5 Å². The standard InChI is InChI=1S/C24H18N6O3S/c31-23(18-11-14-30-16-21(28-22(30)15-18)17-5-2-1-3-6-17)27-19-7-9-20(10-8-19)34(32,33)29-24-25-12-4-13-26-24/h1-16H,(H,27,31)(H,25,26,29). The average molecular weight is 471 g/mol. The van der Waals surface area contributed by atoms with Crippen molar-refractivity contribution in [1.82, 2.24) is 19.4 Å². The predicted molar refractivity (Wildman–Crippen MR) is 128 cm³/mol. The molecule has 0 aliphatic carbocycles. The van der Waals surface area contributed by atoms with Gasteiger partial charge in [-0.3, -0.25) is 4.79 Å². The number of rotatable bonds is 6. The molecule has 3 heterocycles.